The number of rotatable bonds is 4. The van der Waals surface area contributed by atoms with E-state index in [2.05, 4.69) is 10.6 Å². The van der Waals surface area contributed by atoms with Gasteiger partial charge < -0.3 is 21.5 Å². The van der Waals surface area contributed by atoms with Crippen molar-refractivity contribution in [3.05, 3.63) is 54.1 Å². The largest absolute Gasteiger partial charge is 0.508 e. The number of carbonyl (C=O) groups is 1. The van der Waals surface area contributed by atoms with Gasteiger partial charge in [0.2, 0.25) is 0 Å². The average molecular weight is 271 g/mol. The standard InChI is InChI=1S/C15H17N3O2/c1-10(11-3-2-4-14(19)9-11)17-12-5-7-13(8-6-12)18-15(16)20/h2-10,17,19H,1H3,(H3,16,18,20). The Morgan fingerprint density at radius 1 is 1.15 bits per heavy atom. The molecule has 2 aromatic carbocycles. The van der Waals surface area contributed by atoms with Gasteiger partial charge in [-0.3, -0.25) is 0 Å². The molecular weight excluding hydrogens is 254 g/mol. The summed E-state index contributed by atoms with van der Waals surface area (Å²) in [5.41, 5.74) is 7.59. The molecule has 2 amide bonds. The minimum Gasteiger partial charge on any atom is -0.508 e. The van der Waals surface area contributed by atoms with Crippen LogP contribution in [0.2, 0.25) is 0 Å². The van der Waals surface area contributed by atoms with Crippen molar-refractivity contribution in [1.82, 2.24) is 0 Å². The first-order valence-corrected chi connectivity index (χ1v) is 6.26. The Bertz CT molecular complexity index is 596. The van der Waals surface area contributed by atoms with Gasteiger partial charge in [0.15, 0.2) is 0 Å². The minimum absolute atomic E-state index is 0.0528. The molecule has 1 unspecified atom stereocenters. The zero-order chi connectivity index (χ0) is 14.5. The van der Waals surface area contributed by atoms with Crippen molar-refractivity contribution in [1.29, 1.82) is 0 Å². The Hall–Kier alpha value is -2.69. The van der Waals surface area contributed by atoms with Crippen LogP contribution < -0.4 is 16.4 Å². The maximum atomic E-state index is 10.7. The average Bonchev–Trinajstić information content (AvgIpc) is 2.40. The molecule has 5 heteroatoms. The quantitative estimate of drug-likeness (QED) is 0.689. The van der Waals surface area contributed by atoms with Gasteiger partial charge in [-0.2, -0.15) is 0 Å². The molecule has 5 nitrogen and oxygen atoms in total. The molecular formula is C15H17N3O2. The van der Waals surface area contributed by atoms with E-state index in [-0.39, 0.29) is 11.8 Å². The van der Waals surface area contributed by atoms with Crippen molar-refractivity contribution < 1.29 is 9.90 Å². The highest BCUT2D eigenvalue weighted by atomic mass is 16.3. The van der Waals surface area contributed by atoms with E-state index < -0.39 is 6.03 Å². The Kier molecular flexibility index (Phi) is 4.10. The van der Waals surface area contributed by atoms with Crippen molar-refractivity contribution in [3.63, 3.8) is 0 Å². The SMILES string of the molecule is CC(Nc1ccc(NC(N)=O)cc1)c1cccc(O)c1. The van der Waals surface area contributed by atoms with Crippen molar-refractivity contribution in [2.24, 2.45) is 5.73 Å². The van der Waals surface area contributed by atoms with Gasteiger partial charge in [-0.05, 0) is 48.9 Å². The first kappa shape index (κ1) is 13.7. The second kappa shape index (κ2) is 5.97. The second-order valence-corrected chi connectivity index (χ2v) is 4.53. The van der Waals surface area contributed by atoms with Crippen LogP contribution >= 0.6 is 0 Å². The number of amides is 2. The normalized spacial score (nSPS) is 11.7. The van der Waals surface area contributed by atoms with Crippen LogP contribution in [0.15, 0.2) is 48.5 Å². The zero-order valence-corrected chi connectivity index (χ0v) is 11.1. The van der Waals surface area contributed by atoms with Crippen LogP contribution in [0.1, 0.15) is 18.5 Å². The lowest BCUT2D eigenvalue weighted by Gasteiger charge is -2.16. The van der Waals surface area contributed by atoms with Gasteiger partial charge in [0, 0.05) is 17.4 Å². The summed E-state index contributed by atoms with van der Waals surface area (Å²) in [5.74, 6) is 0.247. The Balaban J connectivity index is 2.04. The molecule has 0 saturated heterocycles. The van der Waals surface area contributed by atoms with Gasteiger partial charge in [0.1, 0.15) is 5.75 Å². The molecule has 0 heterocycles. The summed E-state index contributed by atoms with van der Waals surface area (Å²) in [6, 6.07) is 13.8. The van der Waals surface area contributed by atoms with E-state index in [0.29, 0.717) is 5.69 Å². The number of hydrogen-bond acceptors (Lipinski definition) is 3. The Morgan fingerprint density at radius 2 is 1.80 bits per heavy atom. The molecule has 0 spiro atoms. The van der Waals surface area contributed by atoms with Crippen LogP contribution in [0, 0.1) is 0 Å². The minimum atomic E-state index is -0.584. The maximum absolute atomic E-state index is 10.7. The van der Waals surface area contributed by atoms with E-state index in [1.165, 1.54) is 0 Å². The lowest BCUT2D eigenvalue weighted by atomic mass is 10.1. The number of urea groups is 1. The zero-order valence-electron chi connectivity index (χ0n) is 11.1. The van der Waals surface area contributed by atoms with Gasteiger partial charge in [-0.25, -0.2) is 4.79 Å². The highest BCUT2D eigenvalue weighted by molar-refractivity contribution is 5.87. The van der Waals surface area contributed by atoms with Crippen molar-refractivity contribution in [3.8, 4) is 5.75 Å². The van der Waals surface area contributed by atoms with E-state index in [9.17, 15) is 9.90 Å². The first-order valence-electron chi connectivity index (χ1n) is 6.26. The molecule has 1 atom stereocenters. The number of carbonyl (C=O) groups excluding carboxylic acids is 1. The summed E-state index contributed by atoms with van der Waals surface area (Å²) >= 11 is 0. The Labute approximate surface area is 117 Å². The highest BCUT2D eigenvalue weighted by Crippen LogP contribution is 2.23. The predicted molar refractivity (Wildman–Crippen MR) is 79.8 cm³/mol. The van der Waals surface area contributed by atoms with E-state index in [1.807, 2.05) is 31.2 Å². The molecule has 2 aromatic rings. The third kappa shape index (κ3) is 3.65. The fourth-order valence-corrected chi connectivity index (χ4v) is 1.92. The molecule has 20 heavy (non-hydrogen) atoms. The lowest BCUT2D eigenvalue weighted by molar-refractivity contribution is 0.259. The molecule has 0 saturated carbocycles. The molecule has 104 valence electrons. The number of phenolic OH excluding ortho intramolecular Hbond substituents is 1. The molecule has 0 aliphatic carbocycles. The third-order valence-electron chi connectivity index (χ3n) is 2.91. The number of nitrogens with one attached hydrogen (secondary N) is 2. The first-order chi connectivity index (χ1) is 9.54. The molecule has 0 aliphatic rings. The summed E-state index contributed by atoms with van der Waals surface area (Å²) in [4.78, 5) is 10.7. The molecule has 5 N–H and O–H groups in total. The van der Waals surface area contributed by atoms with Crippen LogP contribution in [-0.2, 0) is 0 Å². The predicted octanol–water partition coefficient (Wildman–Crippen LogP) is 3.06. The lowest BCUT2D eigenvalue weighted by Crippen LogP contribution is -2.19. The number of phenols is 1. The summed E-state index contributed by atoms with van der Waals surface area (Å²) in [7, 11) is 0. The van der Waals surface area contributed by atoms with Crippen molar-refractivity contribution in [2.75, 3.05) is 10.6 Å². The summed E-state index contributed by atoms with van der Waals surface area (Å²) in [6.07, 6.45) is 0. The van der Waals surface area contributed by atoms with Gasteiger partial charge in [-0.15, -0.1) is 0 Å². The van der Waals surface area contributed by atoms with E-state index >= 15 is 0 Å². The van der Waals surface area contributed by atoms with Crippen molar-refractivity contribution >= 4 is 17.4 Å². The van der Waals surface area contributed by atoms with Gasteiger partial charge in [0.05, 0.1) is 0 Å². The van der Waals surface area contributed by atoms with Crippen LogP contribution in [-0.4, -0.2) is 11.1 Å². The maximum Gasteiger partial charge on any atom is 0.316 e. The number of benzene rings is 2. The molecule has 0 aliphatic heterocycles. The van der Waals surface area contributed by atoms with Crippen LogP contribution in [0.3, 0.4) is 0 Å². The van der Waals surface area contributed by atoms with Gasteiger partial charge in [-0.1, -0.05) is 12.1 Å². The van der Waals surface area contributed by atoms with Crippen molar-refractivity contribution in [2.45, 2.75) is 13.0 Å². The number of nitrogens with two attached hydrogens (primary N) is 1. The van der Waals surface area contributed by atoms with Gasteiger partial charge >= 0.3 is 6.03 Å². The summed E-state index contributed by atoms with van der Waals surface area (Å²) in [6.45, 7) is 2.00. The summed E-state index contributed by atoms with van der Waals surface area (Å²) in [5, 5.41) is 15.3. The van der Waals surface area contributed by atoms with Crippen LogP contribution in [0.5, 0.6) is 5.75 Å². The molecule has 0 aromatic heterocycles. The fourth-order valence-electron chi connectivity index (χ4n) is 1.92. The number of hydrogen-bond donors (Lipinski definition) is 4. The van der Waals surface area contributed by atoms with E-state index in [1.54, 1.807) is 24.3 Å². The second-order valence-electron chi connectivity index (χ2n) is 4.53. The van der Waals surface area contributed by atoms with Crippen LogP contribution in [0.25, 0.3) is 0 Å². The van der Waals surface area contributed by atoms with E-state index in [4.69, 9.17) is 5.73 Å². The smallest absolute Gasteiger partial charge is 0.316 e. The van der Waals surface area contributed by atoms with E-state index in [0.717, 1.165) is 11.3 Å². The third-order valence-corrected chi connectivity index (χ3v) is 2.91. The monoisotopic (exact) mass is 271 g/mol. The molecule has 0 bridgehead atoms. The molecule has 0 fully saturated rings. The van der Waals surface area contributed by atoms with Crippen LogP contribution in [0.4, 0.5) is 16.2 Å². The highest BCUT2D eigenvalue weighted by Gasteiger charge is 2.06. The number of primary amides is 1. The molecule has 2 rings (SSSR count). The fraction of sp³-hybridized carbons (Fsp3) is 0.133. The van der Waals surface area contributed by atoms with Gasteiger partial charge in [0.25, 0.3) is 0 Å². The topological polar surface area (TPSA) is 87.4 Å². The molecule has 0 radical (unpaired) electrons. The Morgan fingerprint density at radius 3 is 2.40 bits per heavy atom. The number of aromatic hydroxyl groups is 1. The summed E-state index contributed by atoms with van der Waals surface area (Å²) < 4.78 is 0. The number of anilines is 2.